The molecule has 2 nitrogen and oxygen atoms in total. The summed E-state index contributed by atoms with van der Waals surface area (Å²) in [5, 5.41) is 4.38. The summed E-state index contributed by atoms with van der Waals surface area (Å²) in [4.78, 5) is 4.63. The van der Waals surface area contributed by atoms with Crippen LogP contribution < -0.4 is 5.32 Å². The zero-order valence-corrected chi connectivity index (χ0v) is 12.5. The van der Waals surface area contributed by atoms with Gasteiger partial charge < -0.3 is 5.32 Å². The van der Waals surface area contributed by atoms with Crippen molar-refractivity contribution < 1.29 is 0 Å². The molecule has 0 saturated carbocycles. The quantitative estimate of drug-likeness (QED) is 0.829. The van der Waals surface area contributed by atoms with Crippen molar-refractivity contribution in [2.45, 2.75) is 13.8 Å². The fourth-order valence-corrected chi connectivity index (χ4v) is 2.76. The molecular formula is C12H12Br2N2. The van der Waals surface area contributed by atoms with Crippen LogP contribution in [0.3, 0.4) is 0 Å². The van der Waals surface area contributed by atoms with Gasteiger partial charge in [-0.25, -0.2) is 0 Å². The van der Waals surface area contributed by atoms with Gasteiger partial charge in [-0.3, -0.25) is 4.98 Å². The number of pyridine rings is 1. The highest BCUT2D eigenvalue weighted by atomic mass is 79.9. The zero-order chi connectivity index (χ0) is 11.9. The third kappa shape index (κ3) is 1.74. The first-order valence-corrected chi connectivity index (χ1v) is 6.57. The summed E-state index contributed by atoms with van der Waals surface area (Å²) >= 11 is 7.12. The predicted molar refractivity (Wildman–Crippen MR) is 76.2 cm³/mol. The third-order valence-electron chi connectivity index (χ3n) is 2.78. The maximum atomic E-state index is 4.63. The first-order valence-electron chi connectivity index (χ1n) is 4.99. The zero-order valence-electron chi connectivity index (χ0n) is 9.36. The number of benzene rings is 1. The number of aryl methyl sites for hydroxylation is 1. The summed E-state index contributed by atoms with van der Waals surface area (Å²) in [5.74, 6) is 0. The Morgan fingerprint density at radius 2 is 1.75 bits per heavy atom. The number of aromatic nitrogens is 1. The minimum atomic E-state index is 0.988. The van der Waals surface area contributed by atoms with Gasteiger partial charge in [0.05, 0.1) is 5.52 Å². The highest BCUT2D eigenvalue weighted by Crippen LogP contribution is 2.36. The number of halogens is 2. The first kappa shape index (κ1) is 11.9. The molecule has 0 atom stereocenters. The lowest BCUT2D eigenvalue weighted by molar-refractivity contribution is 1.19. The molecule has 0 amide bonds. The van der Waals surface area contributed by atoms with Crippen LogP contribution in [0.4, 0.5) is 5.69 Å². The van der Waals surface area contributed by atoms with E-state index in [0.29, 0.717) is 0 Å². The Morgan fingerprint density at radius 3 is 2.38 bits per heavy atom. The van der Waals surface area contributed by atoms with Crippen molar-refractivity contribution in [2.24, 2.45) is 0 Å². The lowest BCUT2D eigenvalue weighted by Crippen LogP contribution is -1.99. The van der Waals surface area contributed by atoms with E-state index in [1.54, 1.807) is 0 Å². The smallest absolute Gasteiger partial charge is 0.0879 e. The molecule has 1 N–H and O–H groups in total. The first-order chi connectivity index (χ1) is 7.56. The van der Waals surface area contributed by atoms with E-state index in [4.69, 9.17) is 0 Å². The van der Waals surface area contributed by atoms with Crippen molar-refractivity contribution in [1.82, 2.24) is 4.98 Å². The van der Waals surface area contributed by atoms with E-state index in [0.717, 1.165) is 31.2 Å². The van der Waals surface area contributed by atoms with Crippen LogP contribution in [-0.4, -0.2) is 12.0 Å². The van der Waals surface area contributed by atoms with E-state index in [2.05, 4.69) is 49.1 Å². The summed E-state index contributed by atoms with van der Waals surface area (Å²) in [6.07, 6.45) is 0. The predicted octanol–water partition coefficient (Wildman–Crippen LogP) is 4.42. The van der Waals surface area contributed by atoms with Gasteiger partial charge in [-0.05, 0) is 47.5 Å². The van der Waals surface area contributed by atoms with E-state index in [1.165, 1.54) is 5.56 Å². The Balaban J connectivity index is 3.02. The summed E-state index contributed by atoms with van der Waals surface area (Å²) in [7, 11) is 1.94. The highest BCUT2D eigenvalue weighted by molar-refractivity contribution is 9.11. The molecule has 1 aromatic heterocycles. The Morgan fingerprint density at radius 1 is 1.12 bits per heavy atom. The van der Waals surface area contributed by atoms with Crippen LogP contribution in [0.15, 0.2) is 21.1 Å². The number of nitrogens with zero attached hydrogens (tertiary/aromatic N) is 1. The Hall–Kier alpha value is -0.610. The fourth-order valence-electron chi connectivity index (χ4n) is 1.82. The summed E-state index contributed by atoms with van der Waals surface area (Å²) in [5.41, 5.74) is 4.36. The lowest BCUT2D eigenvalue weighted by Gasteiger charge is -2.14. The molecule has 0 fully saturated rings. The maximum absolute atomic E-state index is 4.63. The molecule has 84 valence electrons. The SMILES string of the molecule is CNc1c(C)c(C)nc2c(Br)ccc(Br)c12. The van der Waals surface area contributed by atoms with E-state index < -0.39 is 0 Å². The number of fused-ring (bicyclic) bond motifs is 1. The molecule has 1 aromatic carbocycles. The van der Waals surface area contributed by atoms with Crippen molar-refractivity contribution in [3.63, 3.8) is 0 Å². The van der Waals surface area contributed by atoms with Crippen molar-refractivity contribution in [2.75, 3.05) is 12.4 Å². The van der Waals surface area contributed by atoms with Gasteiger partial charge in [0.25, 0.3) is 0 Å². The summed E-state index contributed by atoms with van der Waals surface area (Å²) in [6.45, 7) is 4.11. The van der Waals surface area contributed by atoms with Crippen LogP contribution >= 0.6 is 31.9 Å². The van der Waals surface area contributed by atoms with Gasteiger partial charge in [0.15, 0.2) is 0 Å². The van der Waals surface area contributed by atoms with Crippen LogP contribution in [0.25, 0.3) is 10.9 Å². The normalized spacial score (nSPS) is 10.8. The van der Waals surface area contributed by atoms with Gasteiger partial charge in [-0.2, -0.15) is 0 Å². The lowest BCUT2D eigenvalue weighted by atomic mass is 10.1. The van der Waals surface area contributed by atoms with E-state index >= 15 is 0 Å². The molecule has 0 aliphatic rings. The standard InChI is InChI=1S/C12H12Br2N2/c1-6-7(2)16-12-9(14)5-4-8(13)10(12)11(6)15-3/h4-5H,1-3H3,(H,15,16). The van der Waals surface area contributed by atoms with Gasteiger partial charge in [0.1, 0.15) is 0 Å². The van der Waals surface area contributed by atoms with E-state index in [-0.39, 0.29) is 0 Å². The van der Waals surface area contributed by atoms with Crippen molar-refractivity contribution in [3.8, 4) is 0 Å². The molecule has 0 aliphatic carbocycles. The van der Waals surface area contributed by atoms with E-state index in [9.17, 15) is 0 Å². The third-order valence-corrected chi connectivity index (χ3v) is 4.08. The Bertz CT molecular complexity index is 565. The van der Waals surface area contributed by atoms with Gasteiger partial charge in [0.2, 0.25) is 0 Å². The molecule has 0 radical (unpaired) electrons. The van der Waals surface area contributed by atoms with Crippen molar-refractivity contribution in [1.29, 1.82) is 0 Å². The average Bonchev–Trinajstić information content (AvgIpc) is 2.26. The average molecular weight is 344 g/mol. The fraction of sp³-hybridized carbons (Fsp3) is 0.250. The molecule has 0 aliphatic heterocycles. The van der Waals surface area contributed by atoms with Crippen LogP contribution in [0.5, 0.6) is 0 Å². The minimum absolute atomic E-state index is 0.988. The minimum Gasteiger partial charge on any atom is -0.387 e. The Kier molecular flexibility index (Phi) is 3.22. The molecule has 0 saturated heterocycles. The number of hydrogen-bond donors (Lipinski definition) is 1. The second-order valence-corrected chi connectivity index (χ2v) is 5.41. The molecule has 0 spiro atoms. The second kappa shape index (κ2) is 4.34. The molecule has 1 heterocycles. The van der Waals surface area contributed by atoms with Crippen LogP contribution in [-0.2, 0) is 0 Å². The van der Waals surface area contributed by atoms with Gasteiger partial charge in [-0.15, -0.1) is 0 Å². The van der Waals surface area contributed by atoms with Crippen molar-refractivity contribution >= 4 is 48.5 Å². The molecule has 4 heteroatoms. The molecule has 0 unspecified atom stereocenters. The summed E-state index contributed by atoms with van der Waals surface area (Å²) in [6, 6.07) is 4.04. The van der Waals surface area contributed by atoms with Crippen LogP contribution in [0, 0.1) is 13.8 Å². The largest absolute Gasteiger partial charge is 0.387 e. The Labute approximate surface area is 112 Å². The number of hydrogen-bond acceptors (Lipinski definition) is 2. The molecule has 2 rings (SSSR count). The molecule has 0 bridgehead atoms. The van der Waals surface area contributed by atoms with Gasteiger partial charge in [0, 0.05) is 32.8 Å². The summed E-state index contributed by atoms with van der Waals surface area (Å²) < 4.78 is 2.08. The molecule has 16 heavy (non-hydrogen) atoms. The molecular weight excluding hydrogens is 332 g/mol. The molecule has 2 aromatic rings. The van der Waals surface area contributed by atoms with Crippen molar-refractivity contribution in [3.05, 3.63) is 32.3 Å². The van der Waals surface area contributed by atoms with Gasteiger partial charge >= 0.3 is 0 Å². The van der Waals surface area contributed by atoms with E-state index in [1.807, 2.05) is 26.1 Å². The topological polar surface area (TPSA) is 24.9 Å². The monoisotopic (exact) mass is 342 g/mol. The number of anilines is 1. The highest BCUT2D eigenvalue weighted by Gasteiger charge is 2.12. The van der Waals surface area contributed by atoms with Crippen LogP contribution in [0.2, 0.25) is 0 Å². The maximum Gasteiger partial charge on any atom is 0.0879 e. The number of nitrogens with one attached hydrogen (secondary N) is 1. The number of rotatable bonds is 1. The van der Waals surface area contributed by atoms with Gasteiger partial charge in [-0.1, -0.05) is 15.9 Å². The second-order valence-electron chi connectivity index (χ2n) is 3.70. The van der Waals surface area contributed by atoms with Crippen LogP contribution in [0.1, 0.15) is 11.3 Å².